The van der Waals surface area contributed by atoms with Crippen LogP contribution in [0.5, 0.6) is 0 Å². The molecule has 2 rings (SSSR count). The average molecular weight is 268 g/mol. The Morgan fingerprint density at radius 3 is 2.47 bits per heavy atom. The highest BCUT2D eigenvalue weighted by Crippen LogP contribution is 2.21. The Hall–Kier alpha value is -1.10. The van der Waals surface area contributed by atoms with E-state index in [1.807, 2.05) is 0 Å². The molecule has 1 unspecified atom stereocenters. The Morgan fingerprint density at radius 1 is 1.16 bits per heavy atom. The average Bonchev–Trinajstić information content (AvgIpc) is 2.41. The summed E-state index contributed by atoms with van der Waals surface area (Å²) in [5.74, 6) is 0.0649. The van der Waals surface area contributed by atoms with E-state index in [1.54, 1.807) is 11.8 Å². The quantitative estimate of drug-likeness (QED) is 0.773. The number of aliphatic hydroxyl groups is 1. The smallest absolute Gasteiger partial charge is 0.225 e. The molecular formula is C14H24N2O3. The van der Waals surface area contributed by atoms with Crippen molar-refractivity contribution in [2.45, 2.75) is 57.6 Å². The lowest BCUT2D eigenvalue weighted by molar-refractivity contribution is -0.134. The molecule has 1 heterocycles. The van der Waals surface area contributed by atoms with Gasteiger partial charge < -0.3 is 15.3 Å². The van der Waals surface area contributed by atoms with E-state index in [1.165, 1.54) is 0 Å². The Morgan fingerprint density at radius 2 is 1.84 bits per heavy atom. The highest BCUT2D eigenvalue weighted by atomic mass is 16.3. The van der Waals surface area contributed by atoms with Gasteiger partial charge >= 0.3 is 0 Å². The Balaban J connectivity index is 1.80. The lowest BCUT2D eigenvalue weighted by Gasteiger charge is -2.33. The van der Waals surface area contributed by atoms with Gasteiger partial charge in [-0.15, -0.1) is 0 Å². The molecular weight excluding hydrogens is 244 g/mol. The van der Waals surface area contributed by atoms with Crippen molar-refractivity contribution in [3.05, 3.63) is 0 Å². The van der Waals surface area contributed by atoms with Gasteiger partial charge in [-0.1, -0.05) is 0 Å². The normalized spacial score (nSPS) is 31.9. The molecule has 1 atom stereocenters. The van der Waals surface area contributed by atoms with Crippen molar-refractivity contribution in [3.8, 4) is 0 Å². The van der Waals surface area contributed by atoms with Gasteiger partial charge in [0.15, 0.2) is 0 Å². The summed E-state index contributed by atoms with van der Waals surface area (Å²) in [6.07, 6.45) is 4.83. The molecule has 0 radical (unpaired) electrons. The molecule has 1 aliphatic carbocycles. The van der Waals surface area contributed by atoms with Crippen LogP contribution in [0.2, 0.25) is 0 Å². The Kier molecular flexibility index (Phi) is 4.80. The van der Waals surface area contributed by atoms with Crippen LogP contribution in [0.1, 0.15) is 45.4 Å². The summed E-state index contributed by atoms with van der Waals surface area (Å²) < 4.78 is 0. The van der Waals surface area contributed by atoms with Gasteiger partial charge in [0.25, 0.3) is 0 Å². The van der Waals surface area contributed by atoms with E-state index >= 15 is 0 Å². The molecule has 0 aromatic rings. The number of piperidine rings is 1. The molecule has 1 saturated carbocycles. The van der Waals surface area contributed by atoms with Gasteiger partial charge in [-0.25, -0.2) is 0 Å². The molecule has 5 heteroatoms. The Bertz CT molecular complexity index is 338. The van der Waals surface area contributed by atoms with Crippen LogP contribution in [0.4, 0.5) is 0 Å². The summed E-state index contributed by atoms with van der Waals surface area (Å²) in [5, 5.41) is 12.5. The fraction of sp³-hybridized carbons (Fsp3) is 0.857. The minimum absolute atomic E-state index is 0.0540. The second-order valence-corrected chi connectivity index (χ2v) is 5.82. The summed E-state index contributed by atoms with van der Waals surface area (Å²) >= 11 is 0. The van der Waals surface area contributed by atoms with Crippen LogP contribution in [-0.4, -0.2) is 47.1 Å². The molecule has 19 heavy (non-hydrogen) atoms. The van der Waals surface area contributed by atoms with Crippen LogP contribution in [0.15, 0.2) is 0 Å². The van der Waals surface area contributed by atoms with Crippen molar-refractivity contribution in [3.63, 3.8) is 0 Å². The van der Waals surface area contributed by atoms with Crippen LogP contribution in [0.25, 0.3) is 0 Å². The van der Waals surface area contributed by atoms with Crippen molar-refractivity contribution in [1.82, 2.24) is 10.2 Å². The second kappa shape index (κ2) is 6.37. The Labute approximate surface area is 114 Å². The van der Waals surface area contributed by atoms with Gasteiger partial charge in [-0.3, -0.25) is 9.59 Å². The highest BCUT2D eigenvalue weighted by Gasteiger charge is 2.29. The van der Waals surface area contributed by atoms with E-state index in [-0.39, 0.29) is 29.9 Å². The molecule has 2 fully saturated rings. The fourth-order valence-corrected chi connectivity index (χ4v) is 3.02. The number of nitrogens with zero attached hydrogens (tertiary/aromatic N) is 1. The zero-order chi connectivity index (χ0) is 13.8. The van der Waals surface area contributed by atoms with E-state index in [9.17, 15) is 14.7 Å². The van der Waals surface area contributed by atoms with Crippen molar-refractivity contribution in [2.75, 3.05) is 13.1 Å². The summed E-state index contributed by atoms with van der Waals surface area (Å²) in [6.45, 7) is 2.88. The maximum absolute atomic E-state index is 12.2. The van der Waals surface area contributed by atoms with Crippen LogP contribution in [-0.2, 0) is 9.59 Å². The number of rotatable bonds is 2. The molecule has 2 N–H and O–H groups in total. The SMILES string of the molecule is CC(=O)N1CCCC(C(=O)NC2CCC(O)CC2)C1. The third-order valence-electron chi connectivity index (χ3n) is 4.28. The molecule has 5 nitrogen and oxygen atoms in total. The van der Waals surface area contributed by atoms with Gasteiger partial charge in [-0.2, -0.15) is 0 Å². The van der Waals surface area contributed by atoms with E-state index in [4.69, 9.17) is 0 Å². The largest absolute Gasteiger partial charge is 0.393 e. The van der Waals surface area contributed by atoms with Crippen molar-refractivity contribution in [1.29, 1.82) is 0 Å². The van der Waals surface area contributed by atoms with Crippen LogP contribution in [0.3, 0.4) is 0 Å². The van der Waals surface area contributed by atoms with Crippen molar-refractivity contribution >= 4 is 11.8 Å². The third kappa shape index (κ3) is 3.93. The first kappa shape index (κ1) is 14.3. The molecule has 0 bridgehead atoms. The number of nitrogens with one attached hydrogen (secondary N) is 1. The first-order valence-corrected chi connectivity index (χ1v) is 7.30. The minimum Gasteiger partial charge on any atom is -0.393 e. The van der Waals surface area contributed by atoms with E-state index in [0.717, 1.165) is 45.1 Å². The van der Waals surface area contributed by atoms with Crippen LogP contribution >= 0.6 is 0 Å². The number of amides is 2. The highest BCUT2D eigenvalue weighted by molar-refractivity contribution is 5.80. The van der Waals surface area contributed by atoms with Crippen molar-refractivity contribution < 1.29 is 14.7 Å². The lowest BCUT2D eigenvalue weighted by Crippen LogP contribution is -2.48. The maximum atomic E-state index is 12.2. The van der Waals surface area contributed by atoms with E-state index in [0.29, 0.717) is 6.54 Å². The molecule has 2 aliphatic rings. The fourth-order valence-electron chi connectivity index (χ4n) is 3.02. The number of hydrogen-bond acceptors (Lipinski definition) is 3. The zero-order valence-corrected chi connectivity index (χ0v) is 11.6. The maximum Gasteiger partial charge on any atom is 0.225 e. The number of aliphatic hydroxyl groups excluding tert-OH is 1. The molecule has 0 spiro atoms. The van der Waals surface area contributed by atoms with E-state index in [2.05, 4.69) is 5.32 Å². The third-order valence-corrected chi connectivity index (χ3v) is 4.28. The topological polar surface area (TPSA) is 69.6 Å². The standard InChI is InChI=1S/C14H24N2O3/c1-10(17)16-8-2-3-11(9-16)14(19)15-12-4-6-13(18)7-5-12/h11-13,18H,2-9H2,1H3,(H,15,19). The first-order chi connectivity index (χ1) is 9.06. The van der Waals surface area contributed by atoms with Gasteiger partial charge in [0, 0.05) is 26.1 Å². The number of carbonyl (C=O) groups excluding carboxylic acids is 2. The first-order valence-electron chi connectivity index (χ1n) is 7.30. The van der Waals surface area contributed by atoms with Gasteiger partial charge in [0.1, 0.15) is 0 Å². The van der Waals surface area contributed by atoms with Crippen molar-refractivity contribution in [2.24, 2.45) is 5.92 Å². The van der Waals surface area contributed by atoms with Gasteiger partial charge in [0.2, 0.25) is 11.8 Å². The summed E-state index contributed by atoms with van der Waals surface area (Å²) in [4.78, 5) is 25.3. The van der Waals surface area contributed by atoms with Gasteiger partial charge in [0.05, 0.1) is 12.0 Å². The van der Waals surface area contributed by atoms with Crippen LogP contribution in [0, 0.1) is 5.92 Å². The predicted molar refractivity (Wildman–Crippen MR) is 71.4 cm³/mol. The molecule has 0 aromatic carbocycles. The minimum atomic E-state index is -0.198. The molecule has 2 amide bonds. The molecule has 1 saturated heterocycles. The second-order valence-electron chi connectivity index (χ2n) is 5.82. The predicted octanol–water partition coefficient (Wildman–Crippen LogP) is 0.665. The molecule has 108 valence electrons. The van der Waals surface area contributed by atoms with E-state index < -0.39 is 0 Å². The monoisotopic (exact) mass is 268 g/mol. The number of hydrogen-bond donors (Lipinski definition) is 2. The lowest BCUT2D eigenvalue weighted by atomic mass is 9.91. The summed E-state index contributed by atoms with van der Waals surface area (Å²) in [6, 6.07) is 0.198. The zero-order valence-electron chi connectivity index (χ0n) is 11.6. The number of likely N-dealkylation sites (tertiary alicyclic amines) is 1. The molecule has 1 aliphatic heterocycles. The summed E-state index contributed by atoms with van der Waals surface area (Å²) in [7, 11) is 0. The number of carbonyl (C=O) groups is 2. The summed E-state index contributed by atoms with van der Waals surface area (Å²) in [5.41, 5.74) is 0. The van der Waals surface area contributed by atoms with Gasteiger partial charge in [-0.05, 0) is 38.5 Å². The molecule has 0 aromatic heterocycles. The van der Waals surface area contributed by atoms with Crippen LogP contribution < -0.4 is 5.32 Å².